The summed E-state index contributed by atoms with van der Waals surface area (Å²) in [6, 6.07) is 6.17. The topological polar surface area (TPSA) is 112 Å². The molecule has 0 radical (unpaired) electrons. The van der Waals surface area contributed by atoms with Crippen LogP contribution in [0.1, 0.15) is 0 Å². The molecule has 1 aromatic carbocycles. The maximum absolute atomic E-state index is 11.2. The molecule has 88 valence electrons. The maximum atomic E-state index is 11.2. The van der Waals surface area contributed by atoms with Crippen molar-refractivity contribution < 1.29 is 8.42 Å². The Bertz CT molecular complexity index is 638. The molecular weight excluding hydrogens is 240 g/mol. The summed E-state index contributed by atoms with van der Waals surface area (Å²) in [7, 11) is -3.71. The zero-order valence-electron chi connectivity index (χ0n) is 8.74. The van der Waals surface area contributed by atoms with E-state index in [1.54, 1.807) is 12.1 Å². The molecule has 7 heteroatoms. The number of hydrogen-bond acceptors (Lipinski definition) is 5. The van der Waals surface area contributed by atoms with E-state index in [2.05, 4.69) is 9.97 Å². The van der Waals surface area contributed by atoms with Gasteiger partial charge in [-0.05, 0) is 12.1 Å². The Kier molecular flexibility index (Phi) is 2.78. The zero-order chi connectivity index (χ0) is 12.5. The summed E-state index contributed by atoms with van der Waals surface area (Å²) in [5, 5.41) is 5.04. The molecule has 1 aromatic heterocycles. The molecule has 0 saturated heterocycles. The SMILES string of the molecule is Nc1cnc(-c2cccc(S(N)(=O)=O)c2)cn1. The molecular formula is C10H10N4O2S. The number of hydrogen-bond donors (Lipinski definition) is 2. The average Bonchev–Trinajstić information content (AvgIpc) is 2.29. The first kappa shape index (κ1) is 11.5. The normalized spacial score (nSPS) is 11.4. The average molecular weight is 250 g/mol. The number of rotatable bonds is 2. The molecule has 0 unspecified atom stereocenters. The van der Waals surface area contributed by atoms with Gasteiger partial charge in [0, 0.05) is 5.56 Å². The van der Waals surface area contributed by atoms with Crippen LogP contribution < -0.4 is 10.9 Å². The number of nitrogens with two attached hydrogens (primary N) is 2. The lowest BCUT2D eigenvalue weighted by Gasteiger charge is -2.03. The Hall–Kier alpha value is -1.99. The lowest BCUT2D eigenvalue weighted by Crippen LogP contribution is -2.12. The van der Waals surface area contributed by atoms with Gasteiger partial charge in [-0.2, -0.15) is 0 Å². The minimum Gasteiger partial charge on any atom is -0.382 e. The third-order valence-electron chi connectivity index (χ3n) is 2.13. The van der Waals surface area contributed by atoms with Gasteiger partial charge in [0.25, 0.3) is 0 Å². The van der Waals surface area contributed by atoms with Gasteiger partial charge in [0.1, 0.15) is 5.82 Å². The number of primary sulfonamides is 1. The summed E-state index contributed by atoms with van der Waals surface area (Å²) in [6.07, 6.45) is 2.87. The number of nitrogen functional groups attached to an aromatic ring is 1. The van der Waals surface area contributed by atoms with Crippen molar-refractivity contribution in [2.75, 3.05) is 5.73 Å². The molecule has 6 nitrogen and oxygen atoms in total. The smallest absolute Gasteiger partial charge is 0.238 e. The van der Waals surface area contributed by atoms with Gasteiger partial charge in [0.2, 0.25) is 10.0 Å². The van der Waals surface area contributed by atoms with E-state index in [1.807, 2.05) is 0 Å². The molecule has 4 N–H and O–H groups in total. The van der Waals surface area contributed by atoms with E-state index >= 15 is 0 Å². The van der Waals surface area contributed by atoms with Gasteiger partial charge in [-0.25, -0.2) is 18.5 Å². The molecule has 0 amide bonds. The largest absolute Gasteiger partial charge is 0.382 e. The first-order chi connectivity index (χ1) is 7.97. The van der Waals surface area contributed by atoms with Crippen molar-refractivity contribution >= 4 is 15.8 Å². The van der Waals surface area contributed by atoms with E-state index in [0.29, 0.717) is 17.1 Å². The number of sulfonamides is 1. The number of nitrogens with zero attached hydrogens (tertiary/aromatic N) is 2. The molecule has 0 fully saturated rings. The summed E-state index contributed by atoms with van der Waals surface area (Å²) >= 11 is 0. The second-order valence-corrected chi connectivity index (χ2v) is 4.96. The highest BCUT2D eigenvalue weighted by molar-refractivity contribution is 7.89. The van der Waals surface area contributed by atoms with Crippen LogP contribution in [-0.2, 0) is 10.0 Å². The predicted molar refractivity (Wildman–Crippen MR) is 63.3 cm³/mol. The van der Waals surface area contributed by atoms with Crippen LogP contribution in [0.25, 0.3) is 11.3 Å². The molecule has 17 heavy (non-hydrogen) atoms. The molecule has 0 atom stereocenters. The van der Waals surface area contributed by atoms with Crippen LogP contribution in [0, 0.1) is 0 Å². The highest BCUT2D eigenvalue weighted by atomic mass is 32.2. The Morgan fingerprint density at radius 3 is 2.47 bits per heavy atom. The van der Waals surface area contributed by atoms with E-state index in [1.165, 1.54) is 24.5 Å². The molecule has 2 rings (SSSR count). The molecule has 0 aliphatic carbocycles. The van der Waals surface area contributed by atoms with Crippen molar-refractivity contribution in [1.82, 2.24) is 9.97 Å². The summed E-state index contributed by atoms with van der Waals surface area (Å²) in [5.74, 6) is 0.302. The van der Waals surface area contributed by atoms with Crippen LogP contribution in [0.2, 0.25) is 0 Å². The molecule has 1 heterocycles. The summed E-state index contributed by atoms with van der Waals surface area (Å²) in [5.41, 5.74) is 6.56. The predicted octanol–water partition coefficient (Wildman–Crippen LogP) is 0.373. The Morgan fingerprint density at radius 2 is 1.88 bits per heavy atom. The Labute approximate surface area is 98.4 Å². The van der Waals surface area contributed by atoms with Crippen LogP contribution in [0.4, 0.5) is 5.82 Å². The lowest BCUT2D eigenvalue weighted by molar-refractivity contribution is 0.598. The van der Waals surface area contributed by atoms with Crippen LogP contribution in [0.3, 0.4) is 0 Å². The fourth-order valence-electron chi connectivity index (χ4n) is 1.32. The molecule has 0 aliphatic rings. The van der Waals surface area contributed by atoms with Crippen molar-refractivity contribution in [2.24, 2.45) is 5.14 Å². The molecule has 0 spiro atoms. The van der Waals surface area contributed by atoms with Crippen molar-refractivity contribution in [1.29, 1.82) is 0 Å². The Morgan fingerprint density at radius 1 is 1.12 bits per heavy atom. The summed E-state index contributed by atoms with van der Waals surface area (Å²) < 4.78 is 22.4. The van der Waals surface area contributed by atoms with E-state index in [-0.39, 0.29) is 4.90 Å². The third kappa shape index (κ3) is 2.58. The van der Waals surface area contributed by atoms with Crippen molar-refractivity contribution in [3.8, 4) is 11.3 Å². The molecule has 2 aromatic rings. The number of anilines is 1. The third-order valence-corrected chi connectivity index (χ3v) is 3.04. The fourth-order valence-corrected chi connectivity index (χ4v) is 1.88. The molecule has 0 aliphatic heterocycles. The van der Waals surface area contributed by atoms with Gasteiger partial charge in [-0.3, -0.25) is 4.98 Å². The fraction of sp³-hybridized carbons (Fsp3) is 0. The first-order valence-corrected chi connectivity index (χ1v) is 6.22. The van der Waals surface area contributed by atoms with Crippen molar-refractivity contribution in [2.45, 2.75) is 4.90 Å². The second-order valence-electron chi connectivity index (χ2n) is 3.40. The Balaban J connectivity index is 2.50. The quantitative estimate of drug-likeness (QED) is 0.799. The minimum atomic E-state index is -3.71. The van der Waals surface area contributed by atoms with Crippen LogP contribution in [-0.4, -0.2) is 18.4 Å². The van der Waals surface area contributed by atoms with E-state index < -0.39 is 10.0 Å². The lowest BCUT2D eigenvalue weighted by atomic mass is 10.2. The van der Waals surface area contributed by atoms with Crippen LogP contribution >= 0.6 is 0 Å². The highest BCUT2D eigenvalue weighted by Crippen LogP contribution is 2.19. The molecule has 0 saturated carbocycles. The second kappa shape index (κ2) is 4.11. The van der Waals surface area contributed by atoms with Gasteiger partial charge in [0.15, 0.2) is 0 Å². The highest BCUT2D eigenvalue weighted by Gasteiger charge is 2.09. The van der Waals surface area contributed by atoms with Crippen LogP contribution in [0.5, 0.6) is 0 Å². The first-order valence-electron chi connectivity index (χ1n) is 4.67. The number of aromatic nitrogens is 2. The maximum Gasteiger partial charge on any atom is 0.238 e. The van der Waals surface area contributed by atoms with E-state index in [9.17, 15) is 8.42 Å². The minimum absolute atomic E-state index is 0.0358. The van der Waals surface area contributed by atoms with E-state index in [0.717, 1.165) is 0 Å². The van der Waals surface area contributed by atoms with Gasteiger partial charge in [-0.15, -0.1) is 0 Å². The monoisotopic (exact) mass is 250 g/mol. The summed E-state index contributed by atoms with van der Waals surface area (Å²) in [6.45, 7) is 0. The van der Waals surface area contributed by atoms with Gasteiger partial charge in [0.05, 0.1) is 23.0 Å². The molecule has 0 bridgehead atoms. The van der Waals surface area contributed by atoms with Gasteiger partial charge in [-0.1, -0.05) is 12.1 Å². The standard InChI is InChI=1S/C10H10N4O2S/c11-10-6-13-9(5-14-10)7-2-1-3-8(4-7)17(12,15)16/h1-6H,(H2,11,14)(H2,12,15,16). The zero-order valence-corrected chi connectivity index (χ0v) is 9.55. The van der Waals surface area contributed by atoms with Crippen LogP contribution in [0.15, 0.2) is 41.6 Å². The van der Waals surface area contributed by atoms with E-state index in [4.69, 9.17) is 10.9 Å². The van der Waals surface area contributed by atoms with Gasteiger partial charge >= 0.3 is 0 Å². The summed E-state index contributed by atoms with van der Waals surface area (Å²) in [4.78, 5) is 7.97. The van der Waals surface area contributed by atoms with Gasteiger partial charge < -0.3 is 5.73 Å². The number of benzene rings is 1. The van der Waals surface area contributed by atoms with Crippen molar-refractivity contribution in [3.05, 3.63) is 36.7 Å². The van der Waals surface area contributed by atoms with Crippen molar-refractivity contribution in [3.63, 3.8) is 0 Å².